The highest BCUT2D eigenvalue weighted by molar-refractivity contribution is 5.58. The normalized spacial score (nSPS) is 13.9. The smallest absolute Gasteiger partial charge is 0.0376 e. The molecule has 13 heavy (non-hydrogen) atoms. The van der Waals surface area contributed by atoms with Crippen LogP contribution in [0.25, 0.3) is 0 Å². The van der Waals surface area contributed by atoms with Gasteiger partial charge >= 0.3 is 0 Å². The van der Waals surface area contributed by atoms with Gasteiger partial charge < -0.3 is 10.6 Å². The van der Waals surface area contributed by atoms with Crippen LogP contribution in [0.5, 0.6) is 0 Å². The summed E-state index contributed by atoms with van der Waals surface area (Å²) in [4.78, 5) is 0. The third kappa shape index (κ3) is 1.68. The predicted molar refractivity (Wildman–Crippen MR) is 56.3 cm³/mol. The number of rotatable bonds is 3. The largest absolute Gasteiger partial charge is 0.384 e. The average Bonchev–Trinajstić information content (AvgIpc) is 2.62. The van der Waals surface area contributed by atoms with Crippen molar-refractivity contribution in [2.75, 3.05) is 25.5 Å². The quantitative estimate of drug-likeness (QED) is 0.727. The van der Waals surface area contributed by atoms with Gasteiger partial charge in [-0.05, 0) is 43.6 Å². The molecule has 0 aromatic heterocycles. The Kier molecular flexibility index (Phi) is 2.50. The van der Waals surface area contributed by atoms with E-state index in [1.165, 1.54) is 23.2 Å². The van der Waals surface area contributed by atoms with Gasteiger partial charge in [0.2, 0.25) is 0 Å². The zero-order chi connectivity index (χ0) is 9.10. The molecule has 1 heterocycles. The Morgan fingerprint density at radius 2 is 2.38 bits per heavy atom. The van der Waals surface area contributed by atoms with Gasteiger partial charge in [0.1, 0.15) is 0 Å². The maximum Gasteiger partial charge on any atom is 0.0376 e. The molecule has 0 aliphatic carbocycles. The summed E-state index contributed by atoms with van der Waals surface area (Å²) < 4.78 is 0. The first-order valence-electron chi connectivity index (χ1n) is 4.91. The van der Waals surface area contributed by atoms with Crippen molar-refractivity contribution in [2.45, 2.75) is 12.8 Å². The highest BCUT2D eigenvalue weighted by Crippen LogP contribution is 2.25. The Morgan fingerprint density at radius 1 is 1.46 bits per heavy atom. The Bertz CT molecular complexity index is 294. The minimum absolute atomic E-state index is 1.07. The van der Waals surface area contributed by atoms with Gasteiger partial charge in [-0.2, -0.15) is 0 Å². The van der Waals surface area contributed by atoms with Crippen LogP contribution in [-0.4, -0.2) is 20.1 Å². The molecule has 0 saturated carbocycles. The number of hydrogen-bond donors (Lipinski definition) is 2. The molecule has 2 N–H and O–H groups in total. The van der Waals surface area contributed by atoms with Gasteiger partial charge in [0, 0.05) is 12.2 Å². The van der Waals surface area contributed by atoms with Gasteiger partial charge in [0.05, 0.1) is 0 Å². The van der Waals surface area contributed by atoms with E-state index in [1.54, 1.807) is 0 Å². The molecule has 0 bridgehead atoms. The van der Waals surface area contributed by atoms with Crippen LogP contribution in [0.15, 0.2) is 18.2 Å². The fourth-order valence-electron chi connectivity index (χ4n) is 1.91. The molecule has 0 radical (unpaired) electrons. The van der Waals surface area contributed by atoms with Crippen molar-refractivity contribution in [3.63, 3.8) is 0 Å². The Hall–Kier alpha value is -1.02. The number of nitrogens with one attached hydrogen (secondary N) is 2. The predicted octanol–water partition coefficient (Wildman–Crippen LogP) is 1.42. The van der Waals surface area contributed by atoms with Crippen LogP contribution in [0.1, 0.15) is 11.1 Å². The van der Waals surface area contributed by atoms with E-state index in [0.29, 0.717) is 0 Å². The summed E-state index contributed by atoms with van der Waals surface area (Å²) >= 11 is 0. The van der Waals surface area contributed by atoms with Gasteiger partial charge in [-0.15, -0.1) is 0 Å². The molecule has 2 rings (SSSR count). The molecule has 2 nitrogen and oxygen atoms in total. The van der Waals surface area contributed by atoms with Crippen molar-refractivity contribution in [2.24, 2.45) is 0 Å². The fourth-order valence-corrected chi connectivity index (χ4v) is 1.91. The lowest BCUT2D eigenvalue weighted by Gasteiger charge is -2.06. The lowest BCUT2D eigenvalue weighted by atomic mass is 10.0. The summed E-state index contributed by atoms with van der Waals surface area (Å²) in [5.74, 6) is 0. The van der Waals surface area contributed by atoms with Crippen molar-refractivity contribution in [3.05, 3.63) is 29.3 Å². The third-order valence-electron chi connectivity index (χ3n) is 2.61. The third-order valence-corrected chi connectivity index (χ3v) is 2.61. The lowest BCUT2D eigenvalue weighted by Crippen LogP contribution is -2.11. The number of hydrogen-bond acceptors (Lipinski definition) is 2. The first-order chi connectivity index (χ1) is 6.42. The molecule has 0 amide bonds. The molecule has 0 saturated heterocycles. The molecular weight excluding hydrogens is 160 g/mol. The van der Waals surface area contributed by atoms with Crippen LogP contribution in [-0.2, 0) is 12.8 Å². The van der Waals surface area contributed by atoms with Gasteiger partial charge in [0.25, 0.3) is 0 Å². The molecule has 0 unspecified atom stereocenters. The molecular formula is C11H16N2. The van der Waals surface area contributed by atoms with E-state index in [4.69, 9.17) is 0 Å². The van der Waals surface area contributed by atoms with Gasteiger partial charge in [0.15, 0.2) is 0 Å². The summed E-state index contributed by atoms with van der Waals surface area (Å²) in [7, 11) is 2.00. The van der Waals surface area contributed by atoms with E-state index in [-0.39, 0.29) is 0 Å². The van der Waals surface area contributed by atoms with Crippen LogP contribution in [0, 0.1) is 0 Å². The summed E-state index contributed by atoms with van der Waals surface area (Å²) in [5, 5.41) is 6.58. The van der Waals surface area contributed by atoms with E-state index in [2.05, 4.69) is 28.8 Å². The van der Waals surface area contributed by atoms with Crippen LogP contribution in [0.2, 0.25) is 0 Å². The topological polar surface area (TPSA) is 24.1 Å². The molecule has 1 aliphatic rings. The number of likely N-dealkylation sites (N-methyl/N-ethyl adjacent to an activating group) is 1. The van der Waals surface area contributed by atoms with Crippen molar-refractivity contribution in [1.82, 2.24) is 5.32 Å². The summed E-state index contributed by atoms with van der Waals surface area (Å²) in [5.41, 5.74) is 4.36. The molecule has 0 spiro atoms. The first kappa shape index (κ1) is 8.57. The molecule has 1 aromatic carbocycles. The monoisotopic (exact) mass is 176 g/mol. The lowest BCUT2D eigenvalue weighted by molar-refractivity contribution is 0.787. The Morgan fingerprint density at radius 3 is 3.23 bits per heavy atom. The van der Waals surface area contributed by atoms with Crippen LogP contribution < -0.4 is 10.6 Å². The molecule has 1 aromatic rings. The van der Waals surface area contributed by atoms with Gasteiger partial charge in [-0.25, -0.2) is 0 Å². The second-order valence-electron chi connectivity index (χ2n) is 3.47. The van der Waals surface area contributed by atoms with E-state index < -0.39 is 0 Å². The molecule has 2 heteroatoms. The first-order valence-corrected chi connectivity index (χ1v) is 4.91. The standard InChI is InChI=1S/C11H16N2/c1-12-7-5-9-3-2-4-11-10(9)6-8-13-11/h2-4,12-13H,5-8H2,1H3. The maximum absolute atomic E-state index is 3.40. The van der Waals surface area contributed by atoms with Gasteiger partial charge in [-0.3, -0.25) is 0 Å². The summed E-state index contributed by atoms with van der Waals surface area (Å²) in [6.45, 7) is 2.17. The van der Waals surface area contributed by atoms with Crippen molar-refractivity contribution >= 4 is 5.69 Å². The minimum atomic E-state index is 1.07. The van der Waals surface area contributed by atoms with Gasteiger partial charge in [-0.1, -0.05) is 12.1 Å². The number of anilines is 1. The van der Waals surface area contributed by atoms with E-state index in [9.17, 15) is 0 Å². The van der Waals surface area contributed by atoms with Crippen molar-refractivity contribution in [3.8, 4) is 0 Å². The second-order valence-corrected chi connectivity index (χ2v) is 3.47. The second kappa shape index (κ2) is 3.79. The fraction of sp³-hybridized carbons (Fsp3) is 0.455. The summed E-state index contributed by atoms with van der Waals surface area (Å²) in [6.07, 6.45) is 2.33. The van der Waals surface area contributed by atoms with Crippen molar-refractivity contribution in [1.29, 1.82) is 0 Å². The molecule has 1 aliphatic heterocycles. The Labute approximate surface area is 79.4 Å². The van der Waals surface area contributed by atoms with Crippen LogP contribution >= 0.6 is 0 Å². The van der Waals surface area contributed by atoms with E-state index in [1.807, 2.05) is 7.05 Å². The van der Waals surface area contributed by atoms with E-state index in [0.717, 1.165) is 19.5 Å². The van der Waals surface area contributed by atoms with Crippen LogP contribution in [0.3, 0.4) is 0 Å². The zero-order valence-electron chi connectivity index (χ0n) is 8.06. The van der Waals surface area contributed by atoms with Crippen molar-refractivity contribution < 1.29 is 0 Å². The molecule has 0 atom stereocenters. The summed E-state index contributed by atoms with van der Waals surface area (Å²) in [6, 6.07) is 6.55. The van der Waals surface area contributed by atoms with E-state index >= 15 is 0 Å². The molecule has 70 valence electrons. The Balaban J connectivity index is 2.20. The maximum atomic E-state index is 3.40. The zero-order valence-corrected chi connectivity index (χ0v) is 8.06. The number of benzene rings is 1. The minimum Gasteiger partial charge on any atom is -0.384 e. The average molecular weight is 176 g/mol. The highest BCUT2D eigenvalue weighted by atomic mass is 14.9. The van der Waals surface area contributed by atoms with Crippen LogP contribution in [0.4, 0.5) is 5.69 Å². The highest BCUT2D eigenvalue weighted by Gasteiger charge is 2.12. The number of fused-ring (bicyclic) bond motifs is 1. The SMILES string of the molecule is CNCCc1cccc2c1CCN2. The molecule has 0 fully saturated rings.